The monoisotopic (exact) mass is 432 g/mol. The van der Waals surface area contributed by atoms with Gasteiger partial charge in [0, 0.05) is 36.7 Å². The number of rotatable bonds is 5. The first-order valence-corrected chi connectivity index (χ1v) is 9.71. The molecule has 154 valence electrons. The van der Waals surface area contributed by atoms with Crippen LogP contribution in [0, 0.1) is 11.3 Å². The van der Waals surface area contributed by atoms with Gasteiger partial charge in [-0.1, -0.05) is 11.6 Å². The molecule has 0 aliphatic carbocycles. The Bertz CT molecular complexity index is 1360. The number of benzene rings is 1. The Morgan fingerprint density at radius 2 is 1.94 bits per heavy atom. The number of hydrogen-bond acceptors (Lipinski definition) is 8. The van der Waals surface area contributed by atoms with Gasteiger partial charge in [-0.15, -0.1) is 0 Å². The lowest BCUT2D eigenvalue weighted by atomic mass is 10.1. The van der Waals surface area contributed by atoms with Gasteiger partial charge in [0.15, 0.2) is 0 Å². The zero-order valence-corrected chi connectivity index (χ0v) is 17.4. The van der Waals surface area contributed by atoms with Crippen molar-refractivity contribution in [3.05, 3.63) is 75.9 Å². The van der Waals surface area contributed by atoms with E-state index in [1.165, 1.54) is 10.8 Å². The Labute approximate surface area is 182 Å². The zero-order chi connectivity index (χ0) is 22.0. The summed E-state index contributed by atoms with van der Waals surface area (Å²) in [7, 11) is 1.66. The second kappa shape index (κ2) is 8.38. The summed E-state index contributed by atoms with van der Waals surface area (Å²) in [4.78, 5) is 29.0. The summed E-state index contributed by atoms with van der Waals surface area (Å²) in [6.45, 7) is 1.89. The topological polar surface area (TPSA) is 121 Å². The van der Waals surface area contributed by atoms with Crippen LogP contribution in [-0.4, -0.2) is 24.5 Å². The summed E-state index contributed by atoms with van der Waals surface area (Å²) < 4.78 is 1.47. The molecule has 0 radical (unpaired) electrons. The van der Waals surface area contributed by atoms with Crippen molar-refractivity contribution in [2.45, 2.75) is 13.0 Å². The van der Waals surface area contributed by atoms with Crippen molar-refractivity contribution in [3.63, 3.8) is 0 Å². The molecule has 31 heavy (non-hydrogen) atoms. The van der Waals surface area contributed by atoms with Gasteiger partial charge in [-0.25, -0.2) is 19.7 Å². The van der Waals surface area contributed by atoms with Gasteiger partial charge in [-0.3, -0.25) is 4.57 Å². The average Bonchev–Trinajstić information content (AvgIpc) is 2.78. The fourth-order valence-corrected chi connectivity index (χ4v) is 3.35. The number of pyridine rings is 1. The number of hydrogen-bond donors (Lipinski definition) is 2. The van der Waals surface area contributed by atoms with Crippen LogP contribution in [0.4, 0.5) is 17.2 Å². The molecule has 10 heteroatoms. The third kappa shape index (κ3) is 4.01. The first-order valence-electron chi connectivity index (χ1n) is 9.34. The maximum atomic E-state index is 12.4. The van der Waals surface area contributed by atoms with Crippen LogP contribution in [-0.2, 0) is 7.05 Å². The molecule has 3 aromatic heterocycles. The lowest BCUT2D eigenvalue weighted by Gasteiger charge is -2.17. The minimum absolute atomic E-state index is 0.122. The van der Waals surface area contributed by atoms with E-state index in [1.54, 1.807) is 31.6 Å². The predicted octanol–water partition coefficient (Wildman–Crippen LogP) is 3.56. The van der Waals surface area contributed by atoms with Crippen LogP contribution in [0.1, 0.15) is 24.4 Å². The quantitative estimate of drug-likeness (QED) is 0.459. The van der Waals surface area contributed by atoms with E-state index in [9.17, 15) is 10.1 Å². The number of nitrogens with zero attached hydrogens (tertiary/aromatic N) is 6. The minimum Gasteiger partial charge on any atom is -0.360 e. The fourth-order valence-electron chi connectivity index (χ4n) is 3.15. The summed E-state index contributed by atoms with van der Waals surface area (Å²) in [6.07, 6.45) is 4.84. The standard InChI is InChI=1S/C21H17ClN8O/c1-12(19-25-7-3-8-26-19)27-20-14-10-13(4-5-17(14)30(2)21(31)29-20)28-16-6-9-24-18(22)15(16)11-23/h3-10,12H,1-2H3,(H,24,28)(H,27,29,31). The average molecular weight is 433 g/mol. The second-order valence-corrected chi connectivity index (χ2v) is 7.13. The van der Waals surface area contributed by atoms with E-state index >= 15 is 0 Å². The lowest BCUT2D eigenvalue weighted by Crippen LogP contribution is -2.23. The summed E-state index contributed by atoms with van der Waals surface area (Å²) in [5.74, 6) is 0.993. The number of aromatic nitrogens is 5. The Morgan fingerprint density at radius 3 is 2.68 bits per heavy atom. The number of nitriles is 1. The molecule has 0 amide bonds. The van der Waals surface area contributed by atoms with E-state index < -0.39 is 0 Å². The van der Waals surface area contributed by atoms with Gasteiger partial charge >= 0.3 is 5.69 Å². The summed E-state index contributed by atoms with van der Waals surface area (Å²) >= 11 is 6.03. The third-order valence-electron chi connectivity index (χ3n) is 4.73. The second-order valence-electron chi connectivity index (χ2n) is 6.77. The van der Waals surface area contributed by atoms with Gasteiger partial charge in [0.2, 0.25) is 0 Å². The molecule has 0 fully saturated rings. The molecule has 9 nitrogen and oxygen atoms in total. The molecule has 0 bridgehead atoms. The number of anilines is 3. The number of halogens is 1. The van der Waals surface area contributed by atoms with Crippen LogP contribution in [0.15, 0.2) is 53.7 Å². The van der Waals surface area contributed by atoms with Crippen molar-refractivity contribution in [1.82, 2.24) is 24.5 Å². The number of aryl methyl sites for hydroxylation is 1. The number of nitrogens with one attached hydrogen (secondary N) is 2. The van der Waals surface area contributed by atoms with Crippen LogP contribution in [0.25, 0.3) is 10.9 Å². The molecular formula is C21H17ClN8O. The van der Waals surface area contributed by atoms with Gasteiger partial charge in [0.25, 0.3) is 0 Å². The van der Waals surface area contributed by atoms with Crippen LogP contribution in [0.3, 0.4) is 0 Å². The van der Waals surface area contributed by atoms with Gasteiger partial charge in [0.05, 0.1) is 17.2 Å². The largest absolute Gasteiger partial charge is 0.360 e. The molecule has 0 spiro atoms. The molecule has 1 aromatic carbocycles. The molecule has 0 aliphatic heterocycles. The van der Waals surface area contributed by atoms with Crippen molar-refractivity contribution >= 4 is 39.7 Å². The molecule has 2 N–H and O–H groups in total. The maximum Gasteiger partial charge on any atom is 0.349 e. The smallest absolute Gasteiger partial charge is 0.349 e. The Balaban J connectivity index is 1.77. The Kier molecular flexibility index (Phi) is 5.47. The van der Waals surface area contributed by atoms with E-state index in [1.807, 2.05) is 25.1 Å². The molecule has 0 aliphatic rings. The van der Waals surface area contributed by atoms with E-state index in [0.717, 1.165) is 0 Å². The van der Waals surface area contributed by atoms with Crippen molar-refractivity contribution in [1.29, 1.82) is 5.26 Å². The van der Waals surface area contributed by atoms with Crippen LogP contribution in [0.5, 0.6) is 0 Å². The molecule has 1 unspecified atom stereocenters. The van der Waals surface area contributed by atoms with E-state index in [2.05, 4.69) is 36.6 Å². The fraction of sp³-hybridized carbons (Fsp3) is 0.143. The van der Waals surface area contributed by atoms with Gasteiger partial charge in [-0.2, -0.15) is 10.2 Å². The Morgan fingerprint density at radius 1 is 1.16 bits per heavy atom. The van der Waals surface area contributed by atoms with Crippen LogP contribution in [0.2, 0.25) is 5.15 Å². The Hall–Kier alpha value is -4.03. The highest BCUT2D eigenvalue weighted by molar-refractivity contribution is 6.31. The summed E-state index contributed by atoms with van der Waals surface area (Å²) in [5, 5.41) is 16.6. The van der Waals surface area contributed by atoms with E-state index in [-0.39, 0.29) is 22.4 Å². The molecule has 3 heterocycles. The highest BCUT2D eigenvalue weighted by Crippen LogP contribution is 2.29. The first kappa shape index (κ1) is 20.3. The number of fused-ring (bicyclic) bond motifs is 1. The zero-order valence-electron chi connectivity index (χ0n) is 16.7. The predicted molar refractivity (Wildman–Crippen MR) is 118 cm³/mol. The van der Waals surface area contributed by atoms with Crippen molar-refractivity contribution in [3.8, 4) is 6.07 Å². The molecule has 4 aromatic rings. The SMILES string of the molecule is CC(Nc1nc(=O)n(C)c2ccc(Nc3ccnc(Cl)c3C#N)cc12)c1ncccn1. The highest BCUT2D eigenvalue weighted by Gasteiger charge is 2.15. The molecule has 1 atom stereocenters. The molecule has 0 saturated carbocycles. The van der Waals surface area contributed by atoms with Gasteiger partial charge < -0.3 is 10.6 Å². The van der Waals surface area contributed by atoms with Crippen molar-refractivity contribution < 1.29 is 0 Å². The molecule has 0 saturated heterocycles. The van der Waals surface area contributed by atoms with Crippen LogP contribution >= 0.6 is 11.6 Å². The first-order chi connectivity index (χ1) is 15.0. The van der Waals surface area contributed by atoms with Gasteiger partial charge in [-0.05, 0) is 37.3 Å². The van der Waals surface area contributed by atoms with E-state index in [0.29, 0.717) is 33.9 Å². The molecular weight excluding hydrogens is 416 g/mol. The van der Waals surface area contributed by atoms with Crippen molar-refractivity contribution in [2.24, 2.45) is 7.05 Å². The molecule has 4 rings (SSSR count). The lowest BCUT2D eigenvalue weighted by molar-refractivity contribution is 0.776. The normalized spacial score (nSPS) is 11.7. The maximum absolute atomic E-state index is 12.4. The highest BCUT2D eigenvalue weighted by atomic mass is 35.5. The van der Waals surface area contributed by atoms with Crippen LogP contribution < -0.4 is 16.3 Å². The summed E-state index contributed by atoms with van der Waals surface area (Å²) in [5.41, 5.74) is 1.78. The van der Waals surface area contributed by atoms with Gasteiger partial charge in [0.1, 0.15) is 28.4 Å². The summed E-state index contributed by atoms with van der Waals surface area (Å²) in [6, 6.07) is 10.7. The van der Waals surface area contributed by atoms with Crippen molar-refractivity contribution in [2.75, 3.05) is 10.6 Å². The third-order valence-corrected chi connectivity index (χ3v) is 5.02. The van der Waals surface area contributed by atoms with E-state index in [4.69, 9.17) is 11.6 Å². The minimum atomic E-state index is -0.385.